The van der Waals surface area contributed by atoms with E-state index in [-0.39, 0.29) is 16.3 Å². The molecule has 0 bridgehead atoms. The third kappa shape index (κ3) is 3.83. The number of rotatable bonds is 5. The quantitative estimate of drug-likeness (QED) is 0.753. The predicted molar refractivity (Wildman–Crippen MR) is 118 cm³/mol. The van der Waals surface area contributed by atoms with Gasteiger partial charge >= 0.3 is 0 Å². The molecule has 0 spiro atoms. The molecule has 9 heteroatoms. The summed E-state index contributed by atoms with van der Waals surface area (Å²) in [6.07, 6.45) is 0.669. The van der Waals surface area contributed by atoms with Crippen LogP contribution in [0.3, 0.4) is 0 Å². The summed E-state index contributed by atoms with van der Waals surface area (Å²) in [5.41, 5.74) is 1.70. The molecule has 0 radical (unpaired) electrons. The fourth-order valence-corrected chi connectivity index (χ4v) is 7.18. The number of anilines is 2. The van der Waals surface area contributed by atoms with Crippen molar-refractivity contribution in [2.45, 2.75) is 45.9 Å². The third-order valence-corrected chi connectivity index (χ3v) is 8.77. The Hall–Kier alpha value is -2.39. The van der Waals surface area contributed by atoms with Crippen molar-refractivity contribution in [3.05, 3.63) is 53.1 Å². The van der Waals surface area contributed by atoms with Crippen molar-refractivity contribution in [3.63, 3.8) is 0 Å². The minimum absolute atomic E-state index is 0.0276. The van der Waals surface area contributed by atoms with Gasteiger partial charge in [0.25, 0.3) is 10.0 Å². The average Bonchev–Trinajstić information content (AvgIpc) is 2.78. The minimum atomic E-state index is -3.91. The summed E-state index contributed by atoms with van der Waals surface area (Å²) < 4.78 is 54.6. The first-order valence-corrected chi connectivity index (χ1v) is 12.7. The van der Waals surface area contributed by atoms with Crippen molar-refractivity contribution < 1.29 is 21.6 Å². The number of amides is 1. The molecule has 0 saturated carbocycles. The summed E-state index contributed by atoms with van der Waals surface area (Å²) in [6.45, 7) is 8.51. The number of nitrogens with one attached hydrogen (secondary N) is 1. The number of para-hydroxylation sites is 1. The Morgan fingerprint density at radius 2 is 1.77 bits per heavy atom. The summed E-state index contributed by atoms with van der Waals surface area (Å²) in [6, 6.07) is 9.69. The van der Waals surface area contributed by atoms with Gasteiger partial charge in [0.1, 0.15) is 0 Å². The predicted octanol–water partition coefficient (Wildman–Crippen LogP) is 3.37. The van der Waals surface area contributed by atoms with Crippen molar-refractivity contribution >= 4 is 37.3 Å². The Labute approximate surface area is 178 Å². The fourth-order valence-electron chi connectivity index (χ4n) is 3.68. The molecular formula is C21H26N2O5S2. The zero-order valence-electron chi connectivity index (χ0n) is 17.7. The van der Waals surface area contributed by atoms with Crippen LogP contribution in [0.25, 0.3) is 0 Å². The molecule has 1 amide bonds. The van der Waals surface area contributed by atoms with Gasteiger partial charge in [-0.3, -0.25) is 9.52 Å². The summed E-state index contributed by atoms with van der Waals surface area (Å²) in [5, 5.41) is 0. The van der Waals surface area contributed by atoms with Crippen molar-refractivity contribution in [2.24, 2.45) is 5.41 Å². The van der Waals surface area contributed by atoms with Gasteiger partial charge in [-0.2, -0.15) is 0 Å². The SMILES string of the molecule is CCc1cccc(C)c1NS(=O)(=O)c1ccc(N2C(=O)C(C)(C)CS2(=O)=O)cc1C. The lowest BCUT2D eigenvalue weighted by atomic mass is 9.95. The number of carbonyl (C=O) groups excluding carboxylic acids is 1. The topological polar surface area (TPSA) is 101 Å². The van der Waals surface area contributed by atoms with E-state index in [1.807, 2.05) is 32.0 Å². The summed E-state index contributed by atoms with van der Waals surface area (Å²) in [5.74, 6) is -0.810. The van der Waals surface area contributed by atoms with Gasteiger partial charge in [-0.05, 0) is 69.0 Å². The van der Waals surface area contributed by atoms with Crippen LogP contribution in [-0.2, 0) is 31.3 Å². The lowest BCUT2D eigenvalue weighted by Gasteiger charge is -2.19. The lowest BCUT2D eigenvalue weighted by Crippen LogP contribution is -2.33. The lowest BCUT2D eigenvalue weighted by molar-refractivity contribution is -0.123. The first-order chi connectivity index (χ1) is 13.8. The van der Waals surface area contributed by atoms with E-state index >= 15 is 0 Å². The highest BCUT2D eigenvalue weighted by Crippen LogP contribution is 2.37. The van der Waals surface area contributed by atoms with Crippen LogP contribution in [0.2, 0.25) is 0 Å². The number of carbonyl (C=O) groups is 1. The van der Waals surface area contributed by atoms with Crippen LogP contribution >= 0.6 is 0 Å². The van der Waals surface area contributed by atoms with E-state index in [1.54, 1.807) is 20.8 Å². The summed E-state index contributed by atoms with van der Waals surface area (Å²) >= 11 is 0. The Kier molecular flexibility index (Phi) is 5.49. The monoisotopic (exact) mass is 450 g/mol. The standard InChI is InChI=1S/C21H26N2O5S2/c1-6-16-9-7-8-14(2)19(16)22-30(27,28)18-11-10-17(12-15(18)3)23-20(24)21(4,5)13-29(23,25)26/h7-12,22H,6,13H2,1-5H3. The average molecular weight is 451 g/mol. The van der Waals surface area contributed by atoms with Gasteiger partial charge in [0.05, 0.1) is 27.4 Å². The molecule has 1 N–H and O–H groups in total. The van der Waals surface area contributed by atoms with Crippen molar-refractivity contribution in [3.8, 4) is 0 Å². The van der Waals surface area contributed by atoms with Gasteiger partial charge in [0.15, 0.2) is 0 Å². The first-order valence-electron chi connectivity index (χ1n) is 9.59. The van der Waals surface area contributed by atoms with E-state index in [9.17, 15) is 21.6 Å². The van der Waals surface area contributed by atoms with Crippen LogP contribution < -0.4 is 9.03 Å². The van der Waals surface area contributed by atoms with Gasteiger partial charge in [-0.25, -0.2) is 21.1 Å². The molecule has 0 aliphatic carbocycles. The van der Waals surface area contributed by atoms with Crippen LogP contribution in [0.5, 0.6) is 0 Å². The van der Waals surface area contributed by atoms with Crippen molar-refractivity contribution in [1.82, 2.24) is 0 Å². The van der Waals surface area contributed by atoms with E-state index < -0.39 is 31.4 Å². The second-order valence-corrected chi connectivity index (χ2v) is 11.7. The summed E-state index contributed by atoms with van der Waals surface area (Å²) in [7, 11) is -7.71. The third-order valence-electron chi connectivity index (χ3n) is 5.24. The molecule has 2 aromatic carbocycles. The first kappa shape index (κ1) is 22.3. The summed E-state index contributed by atoms with van der Waals surface area (Å²) in [4.78, 5) is 12.6. The fraction of sp³-hybridized carbons (Fsp3) is 0.381. The van der Waals surface area contributed by atoms with Crippen LogP contribution in [0.1, 0.15) is 37.5 Å². The molecule has 0 atom stereocenters. The number of hydrogen-bond acceptors (Lipinski definition) is 5. The van der Waals surface area contributed by atoms with Gasteiger partial charge in [0.2, 0.25) is 15.9 Å². The molecule has 3 rings (SSSR count). The number of sulfonamides is 2. The van der Waals surface area contributed by atoms with E-state index in [0.717, 1.165) is 15.4 Å². The minimum Gasteiger partial charge on any atom is -0.279 e. The molecule has 1 saturated heterocycles. The Balaban J connectivity index is 2.01. The molecule has 1 fully saturated rings. The molecule has 162 valence electrons. The van der Waals surface area contributed by atoms with E-state index in [2.05, 4.69) is 4.72 Å². The smallest absolute Gasteiger partial charge is 0.262 e. The van der Waals surface area contributed by atoms with Crippen molar-refractivity contribution in [1.29, 1.82) is 0 Å². The molecule has 0 aromatic heterocycles. The van der Waals surface area contributed by atoms with E-state index in [0.29, 0.717) is 17.7 Å². The Morgan fingerprint density at radius 1 is 1.10 bits per heavy atom. The Bertz CT molecular complexity index is 1230. The van der Waals surface area contributed by atoms with Gasteiger partial charge < -0.3 is 0 Å². The Morgan fingerprint density at radius 3 is 2.30 bits per heavy atom. The van der Waals surface area contributed by atoms with E-state index in [1.165, 1.54) is 18.2 Å². The number of nitrogens with zero attached hydrogens (tertiary/aromatic N) is 1. The van der Waals surface area contributed by atoms with Crippen LogP contribution in [0.15, 0.2) is 41.3 Å². The zero-order chi connectivity index (χ0) is 22.5. The molecule has 7 nitrogen and oxygen atoms in total. The molecule has 0 unspecified atom stereocenters. The molecule has 30 heavy (non-hydrogen) atoms. The molecule has 1 aliphatic rings. The van der Waals surface area contributed by atoms with Crippen LogP contribution in [0, 0.1) is 19.3 Å². The second-order valence-electron chi connectivity index (χ2n) is 8.23. The highest BCUT2D eigenvalue weighted by Gasteiger charge is 2.50. The van der Waals surface area contributed by atoms with Crippen LogP contribution in [0.4, 0.5) is 11.4 Å². The maximum atomic E-state index is 13.1. The number of benzene rings is 2. The molecule has 1 aliphatic heterocycles. The van der Waals surface area contributed by atoms with Crippen LogP contribution in [-0.4, -0.2) is 28.5 Å². The van der Waals surface area contributed by atoms with Gasteiger partial charge in [0, 0.05) is 0 Å². The molecular weight excluding hydrogens is 424 g/mol. The maximum Gasteiger partial charge on any atom is 0.262 e. The number of hydrogen-bond donors (Lipinski definition) is 1. The van der Waals surface area contributed by atoms with Crippen molar-refractivity contribution in [2.75, 3.05) is 14.8 Å². The highest BCUT2D eigenvalue weighted by atomic mass is 32.2. The maximum absolute atomic E-state index is 13.1. The largest absolute Gasteiger partial charge is 0.279 e. The van der Waals surface area contributed by atoms with E-state index in [4.69, 9.17) is 0 Å². The molecule has 1 heterocycles. The second kappa shape index (κ2) is 7.39. The normalized spacial score (nSPS) is 17.9. The zero-order valence-corrected chi connectivity index (χ0v) is 19.3. The molecule has 2 aromatic rings. The van der Waals surface area contributed by atoms with Gasteiger partial charge in [-0.1, -0.05) is 25.1 Å². The van der Waals surface area contributed by atoms with Gasteiger partial charge in [-0.15, -0.1) is 0 Å². The number of aryl methyl sites for hydroxylation is 3. The highest BCUT2D eigenvalue weighted by molar-refractivity contribution is 7.94.